The van der Waals surface area contributed by atoms with Crippen LogP contribution in [-0.2, 0) is 12.8 Å². The van der Waals surface area contributed by atoms with Crippen molar-refractivity contribution in [3.63, 3.8) is 0 Å². The summed E-state index contributed by atoms with van der Waals surface area (Å²) < 4.78 is 5.79. The fourth-order valence-corrected chi connectivity index (χ4v) is 3.09. The summed E-state index contributed by atoms with van der Waals surface area (Å²) in [4.78, 5) is 4.47. The zero-order valence-electron chi connectivity index (χ0n) is 12.1. The van der Waals surface area contributed by atoms with Gasteiger partial charge in [0.1, 0.15) is 5.75 Å². The number of nitrogens with zero attached hydrogens (tertiary/aromatic N) is 1. The number of hydrogen-bond acceptors (Lipinski definition) is 3. The number of fused-ring (bicyclic) bond motifs is 1. The quantitative estimate of drug-likeness (QED) is 0.917. The van der Waals surface area contributed by atoms with Crippen molar-refractivity contribution in [2.24, 2.45) is 0 Å². The number of benzene rings is 1. The zero-order valence-corrected chi connectivity index (χ0v) is 12.9. The van der Waals surface area contributed by atoms with E-state index in [0.717, 1.165) is 48.0 Å². The van der Waals surface area contributed by atoms with E-state index in [1.807, 2.05) is 30.5 Å². The van der Waals surface area contributed by atoms with Crippen molar-refractivity contribution >= 4 is 11.6 Å². The van der Waals surface area contributed by atoms with Crippen molar-refractivity contribution < 1.29 is 4.74 Å². The zero-order chi connectivity index (χ0) is 14.7. The third-order valence-corrected chi connectivity index (χ3v) is 3.96. The molecule has 0 fully saturated rings. The number of halogens is 1. The van der Waals surface area contributed by atoms with Crippen molar-refractivity contribution in [1.82, 2.24) is 10.3 Å². The van der Waals surface area contributed by atoms with Gasteiger partial charge in [0.25, 0.3) is 0 Å². The molecule has 1 aliphatic heterocycles. The summed E-state index contributed by atoms with van der Waals surface area (Å²) in [5, 5.41) is 4.28. The largest absolute Gasteiger partial charge is 0.493 e. The molecule has 1 aliphatic rings. The number of hydrogen-bond donors (Lipinski definition) is 1. The third kappa shape index (κ3) is 3.20. The maximum atomic E-state index is 6.24. The van der Waals surface area contributed by atoms with Crippen molar-refractivity contribution in [3.05, 3.63) is 58.4 Å². The Morgan fingerprint density at radius 2 is 2.29 bits per heavy atom. The molecule has 0 aliphatic carbocycles. The average Bonchev–Trinajstić information content (AvgIpc) is 2.96. The van der Waals surface area contributed by atoms with Gasteiger partial charge in [0.15, 0.2) is 0 Å². The van der Waals surface area contributed by atoms with E-state index in [9.17, 15) is 0 Å². The molecule has 1 atom stereocenters. The summed E-state index contributed by atoms with van der Waals surface area (Å²) in [5.74, 6) is 1.01. The van der Waals surface area contributed by atoms with Crippen LogP contribution in [0.1, 0.15) is 29.8 Å². The molecule has 1 N–H and O–H groups in total. The molecule has 3 nitrogen and oxygen atoms in total. The number of likely N-dealkylation sites (N-methyl/N-ethyl adjacent to an activating group) is 1. The lowest BCUT2D eigenvalue weighted by atomic mass is 9.99. The summed E-state index contributed by atoms with van der Waals surface area (Å²) >= 11 is 6.24. The van der Waals surface area contributed by atoms with E-state index in [0.29, 0.717) is 0 Å². The number of ether oxygens (including phenoxy) is 1. The number of pyridine rings is 1. The van der Waals surface area contributed by atoms with Crippen LogP contribution in [0.2, 0.25) is 5.02 Å². The first-order valence-electron chi connectivity index (χ1n) is 7.36. The van der Waals surface area contributed by atoms with E-state index in [1.54, 1.807) is 0 Å². The second kappa shape index (κ2) is 6.46. The highest BCUT2D eigenvalue weighted by molar-refractivity contribution is 6.30. The smallest absolute Gasteiger partial charge is 0.125 e. The molecule has 4 heteroatoms. The Morgan fingerprint density at radius 3 is 3.05 bits per heavy atom. The molecule has 21 heavy (non-hydrogen) atoms. The van der Waals surface area contributed by atoms with Gasteiger partial charge in [0, 0.05) is 17.6 Å². The topological polar surface area (TPSA) is 34.1 Å². The Bertz CT molecular complexity index is 616. The lowest BCUT2D eigenvalue weighted by Gasteiger charge is -2.19. The maximum absolute atomic E-state index is 6.24. The molecule has 0 radical (unpaired) electrons. The number of rotatable bonds is 5. The van der Waals surface area contributed by atoms with Gasteiger partial charge in [-0.05, 0) is 48.4 Å². The van der Waals surface area contributed by atoms with Crippen molar-refractivity contribution in [1.29, 1.82) is 0 Å². The van der Waals surface area contributed by atoms with E-state index in [-0.39, 0.29) is 6.04 Å². The highest BCUT2D eigenvalue weighted by Crippen LogP contribution is 2.35. The van der Waals surface area contributed by atoms with E-state index in [1.165, 1.54) is 5.56 Å². The van der Waals surface area contributed by atoms with Crippen molar-refractivity contribution in [2.45, 2.75) is 25.8 Å². The third-order valence-electron chi connectivity index (χ3n) is 3.74. The van der Waals surface area contributed by atoms with Crippen LogP contribution >= 0.6 is 11.6 Å². The van der Waals surface area contributed by atoms with Crippen LogP contribution in [0.5, 0.6) is 5.75 Å². The molecular formula is C17H19ClN2O. The Balaban J connectivity index is 1.90. The van der Waals surface area contributed by atoms with Gasteiger partial charge < -0.3 is 10.1 Å². The second-order valence-corrected chi connectivity index (χ2v) is 5.66. The van der Waals surface area contributed by atoms with Gasteiger partial charge in [-0.2, -0.15) is 0 Å². The molecule has 0 spiro atoms. The van der Waals surface area contributed by atoms with Crippen LogP contribution in [0, 0.1) is 0 Å². The van der Waals surface area contributed by atoms with E-state index in [2.05, 4.69) is 23.3 Å². The summed E-state index contributed by atoms with van der Waals surface area (Å²) in [6, 6.07) is 10.2. The number of aromatic nitrogens is 1. The molecular weight excluding hydrogens is 284 g/mol. The van der Waals surface area contributed by atoms with Crippen molar-refractivity contribution in [2.75, 3.05) is 13.2 Å². The summed E-state index contributed by atoms with van der Waals surface area (Å²) in [5.41, 5.74) is 3.42. The Kier molecular flexibility index (Phi) is 4.42. The molecule has 0 amide bonds. The first kappa shape index (κ1) is 14.4. The molecule has 0 saturated carbocycles. The first-order valence-corrected chi connectivity index (χ1v) is 7.74. The first-order chi connectivity index (χ1) is 10.3. The molecule has 2 heterocycles. The van der Waals surface area contributed by atoms with Gasteiger partial charge in [0.05, 0.1) is 18.3 Å². The molecule has 0 saturated heterocycles. The fraction of sp³-hybridized carbons (Fsp3) is 0.353. The highest BCUT2D eigenvalue weighted by Gasteiger charge is 2.21. The molecule has 110 valence electrons. The monoisotopic (exact) mass is 302 g/mol. The van der Waals surface area contributed by atoms with Crippen LogP contribution in [0.3, 0.4) is 0 Å². The minimum Gasteiger partial charge on any atom is -0.493 e. The molecule has 3 rings (SSSR count). The van der Waals surface area contributed by atoms with Gasteiger partial charge in [-0.3, -0.25) is 4.98 Å². The Labute approximate surface area is 130 Å². The van der Waals surface area contributed by atoms with Crippen LogP contribution in [-0.4, -0.2) is 18.1 Å². The van der Waals surface area contributed by atoms with Gasteiger partial charge >= 0.3 is 0 Å². The minimum atomic E-state index is 0.169. The van der Waals surface area contributed by atoms with Crippen LogP contribution < -0.4 is 10.1 Å². The Hall–Kier alpha value is -1.58. The highest BCUT2D eigenvalue weighted by atomic mass is 35.5. The molecule has 1 aromatic carbocycles. The van der Waals surface area contributed by atoms with Crippen molar-refractivity contribution in [3.8, 4) is 5.75 Å². The van der Waals surface area contributed by atoms with E-state index < -0.39 is 0 Å². The predicted octanol–water partition coefficient (Wildman–Crippen LogP) is 3.56. The lowest BCUT2D eigenvalue weighted by Crippen LogP contribution is -2.24. The molecule has 2 aromatic rings. The van der Waals surface area contributed by atoms with E-state index in [4.69, 9.17) is 16.3 Å². The standard InChI is InChI=1S/C17H19ClN2O/c1-2-19-16(15-5-3-4-7-20-15)11-13-10-14(18)9-12-6-8-21-17(12)13/h3-5,7,9-10,16,19H,2,6,8,11H2,1H3. The van der Waals surface area contributed by atoms with Gasteiger partial charge in [-0.15, -0.1) is 0 Å². The van der Waals surface area contributed by atoms with Gasteiger partial charge in [-0.25, -0.2) is 0 Å². The van der Waals surface area contributed by atoms with Gasteiger partial charge in [0.2, 0.25) is 0 Å². The average molecular weight is 303 g/mol. The fourth-order valence-electron chi connectivity index (χ4n) is 2.83. The molecule has 1 unspecified atom stereocenters. The van der Waals surface area contributed by atoms with Gasteiger partial charge in [-0.1, -0.05) is 24.6 Å². The summed E-state index contributed by atoms with van der Waals surface area (Å²) in [6.45, 7) is 3.75. The SMILES string of the molecule is CCNC(Cc1cc(Cl)cc2c1OCC2)c1ccccn1. The summed E-state index contributed by atoms with van der Waals surface area (Å²) in [7, 11) is 0. The van der Waals surface area contributed by atoms with E-state index >= 15 is 0 Å². The summed E-state index contributed by atoms with van der Waals surface area (Å²) in [6.07, 6.45) is 3.60. The van der Waals surface area contributed by atoms with Crippen LogP contribution in [0.25, 0.3) is 0 Å². The predicted molar refractivity (Wildman–Crippen MR) is 85.0 cm³/mol. The normalized spacial score (nSPS) is 14.6. The van der Waals surface area contributed by atoms with Crippen LogP contribution in [0.4, 0.5) is 0 Å². The maximum Gasteiger partial charge on any atom is 0.125 e. The second-order valence-electron chi connectivity index (χ2n) is 5.22. The molecule has 1 aromatic heterocycles. The molecule has 0 bridgehead atoms. The number of nitrogens with one attached hydrogen (secondary N) is 1. The minimum absolute atomic E-state index is 0.169. The van der Waals surface area contributed by atoms with Crippen LogP contribution in [0.15, 0.2) is 36.5 Å². The lowest BCUT2D eigenvalue weighted by molar-refractivity contribution is 0.351. The Morgan fingerprint density at radius 1 is 1.38 bits per heavy atom.